The van der Waals surface area contributed by atoms with Crippen molar-refractivity contribution in [3.05, 3.63) is 46.0 Å². The topological polar surface area (TPSA) is 108 Å². The van der Waals surface area contributed by atoms with Crippen LogP contribution in [0.25, 0.3) is 10.3 Å². The predicted octanol–water partition coefficient (Wildman–Crippen LogP) is 3.46. The van der Waals surface area contributed by atoms with E-state index in [1.54, 1.807) is 0 Å². The molecule has 12 heteroatoms. The number of fused-ring (bicyclic) bond motifs is 1. The van der Waals surface area contributed by atoms with Crippen molar-refractivity contribution in [3.8, 4) is 5.75 Å². The fourth-order valence-electron chi connectivity index (χ4n) is 3.50. The zero-order chi connectivity index (χ0) is 22.9. The monoisotopic (exact) mass is 468 g/mol. The highest BCUT2D eigenvalue weighted by Crippen LogP contribution is 2.37. The van der Waals surface area contributed by atoms with Crippen LogP contribution in [0.1, 0.15) is 30.7 Å². The SMILES string of the molecule is O=C(O)CCc1nc2nc(N3CCC(Oc4ccccc4C(F)(F)F)CC3)sc2c(=O)[nH]1. The Morgan fingerprint density at radius 1 is 1.25 bits per heavy atom. The molecule has 0 radical (unpaired) electrons. The van der Waals surface area contributed by atoms with Gasteiger partial charge in [-0.05, 0) is 12.1 Å². The van der Waals surface area contributed by atoms with E-state index in [0.717, 1.165) is 6.07 Å². The Morgan fingerprint density at radius 2 is 1.97 bits per heavy atom. The van der Waals surface area contributed by atoms with Crippen molar-refractivity contribution in [2.24, 2.45) is 0 Å². The van der Waals surface area contributed by atoms with Crippen LogP contribution in [0, 0.1) is 0 Å². The van der Waals surface area contributed by atoms with E-state index in [1.807, 2.05) is 4.90 Å². The van der Waals surface area contributed by atoms with Gasteiger partial charge in [-0.15, -0.1) is 0 Å². The molecule has 1 saturated heterocycles. The number of hydrogen-bond donors (Lipinski definition) is 2. The summed E-state index contributed by atoms with van der Waals surface area (Å²) in [7, 11) is 0. The first-order chi connectivity index (χ1) is 15.2. The molecule has 0 unspecified atom stereocenters. The minimum atomic E-state index is -4.48. The molecule has 0 atom stereocenters. The fourth-order valence-corrected chi connectivity index (χ4v) is 4.45. The zero-order valence-corrected chi connectivity index (χ0v) is 17.5. The number of nitrogens with one attached hydrogen (secondary N) is 1. The van der Waals surface area contributed by atoms with Gasteiger partial charge in [-0.2, -0.15) is 18.2 Å². The number of alkyl halides is 3. The van der Waals surface area contributed by atoms with Gasteiger partial charge in [0.2, 0.25) is 0 Å². The molecular formula is C20H19F3N4O4S. The van der Waals surface area contributed by atoms with E-state index >= 15 is 0 Å². The highest BCUT2D eigenvalue weighted by molar-refractivity contribution is 7.22. The third-order valence-electron chi connectivity index (χ3n) is 5.08. The average Bonchev–Trinajstić information content (AvgIpc) is 3.17. The van der Waals surface area contributed by atoms with E-state index in [0.29, 0.717) is 35.8 Å². The second kappa shape index (κ2) is 8.77. The van der Waals surface area contributed by atoms with Gasteiger partial charge in [0.1, 0.15) is 22.4 Å². The van der Waals surface area contributed by atoms with Crippen molar-refractivity contribution in [1.29, 1.82) is 0 Å². The van der Waals surface area contributed by atoms with Crippen LogP contribution >= 0.6 is 11.3 Å². The van der Waals surface area contributed by atoms with Crippen molar-refractivity contribution in [2.45, 2.75) is 38.0 Å². The van der Waals surface area contributed by atoms with Gasteiger partial charge in [-0.3, -0.25) is 9.59 Å². The number of aryl methyl sites for hydroxylation is 1. The number of thiazole rings is 1. The van der Waals surface area contributed by atoms with Gasteiger partial charge in [-0.1, -0.05) is 23.5 Å². The molecule has 2 N–H and O–H groups in total. The number of nitrogens with zero attached hydrogens (tertiary/aromatic N) is 3. The number of rotatable bonds is 6. The van der Waals surface area contributed by atoms with Crippen LogP contribution in [0.15, 0.2) is 29.1 Å². The summed E-state index contributed by atoms with van der Waals surface area (Å²) in [5.41, 5.74) is -0.912. The lowest BCUT2D eigenvalue weighted by Gasteiger charge is -2.32. The molecule has 0 aliphatic carbocycles. The first-order valence-electron chi connectivity index (χ1n) is 9.90. The lowest BCUT2D eigenvalue weighted by Crippen LogP contribution is -2.38. The maximum atomic E-state index is 13.2. The quantitative estimate of drug-likeness (QED) is 0.570. The second-order valence-corrected chi connectivity index (χ2v) is 8.33. The number of carbonyl (C=O) groups is 1. The van der Waals surface area contributed by atoms with Gasteiger partial charge in [0.05, 0.1) is 12.0 Å². The van der Waals surface area contributed by atoms with Crippen molar-refractivity contribution in [3.63, 3.8) is 0 Å². The molecule has 170 valence electrons. The van der Waals surface area contributed by atoms with Crippen LogP contribution < -0.4 is 15.2 Å². The number of aliphatic carboxylic acids is 1. The molecule has 1 aromatic carbocycles. The minimum absolute atomic E-state index is 0.0928. The summed E-state index contributed by atoms with van der Waals surface area (Å²) in [6.07, 6.45) is -3.92. The minimum Gasteiger partial charge on any atom is -0.490 e. The summed E-state index contributed by atoms with van der Waals surface area (Å²) in [6.45, 7) is 1.00. The Labute approximate surface area is 183 Å². The fraction of sp³-hybridized carbons (Fsp3) is 0.400. The molecular weight excluding hydrogens is 449 g/mol. The highest BCUT2D eigenvalue weighted by Gasteiger charge is 2.35. The van der Waals surface area contributed by atoms with Gasteiger partial charge in [0.25, 0.3) is 5.56 Å². The number of aromatic amines is 1. The highest BCUT2D eigenvalue weighted by atomic mass is 32.1. The maximum absolute atomic E-state index is 13.2. The standard InChI is InChI=1S/C20H19F3N4O4S/c21-20(22,23)12-3-1-2-4-13(12)31-11-7-9-27(10-8-11)19-26-17-16(32-19)18(30)25-14(24-17)5-6-15(28)29/h1-4,11H,5-10H2,(H,28,29)(H,24,25,30). The number of piperidine rings is 1. The molecule has 3 heterocycles. The summed E-state index contributed by atoms with van der Waals surface area (Å²) in [6, 6.07) is 5.16. The van der Waals surface area contributed by atoms with Crippen LogP contribution in [0.2, 0.25) is 0 Å². The van der Waals surface area contributed by atoms with E-state index in [2.05, 4.69) is 15.0 Å². The van der Waals surface area contributed by atoms with Crippen LogP contribution in [-0.2, 0) is 17.4 Å². The number of halogens is 3. The van der Waals surface area contributed by atoms with Gasteiger partial charge in [0, 0.05) is 32.4 Å². The van der Waals surface area contributed by atoms with Crippen LogP contribution in [0.4, 0.5) is 18.3 Å². The molecule has 1 aliphatic heterocycles. The predicted molar refractivity (Wildman–Crippen MR) is 111 cm³/mol. The van der Waals surface area contributed by atoms with Crippen LogP contribution in [0.3, 0.4) is 0 Å². The van der Waals surface area contributed by atoms with Crippen molar-refractivity contribution in [2.75, 3.05) is 18.0 Å². The van der Waals surface area contributed by atoms with Crippen molar-refractivity contribution in [1.82, 2.24) is 15.0 Å². The third-order valence-corrected chi connectivity index (χ3v) is 6.18. The number of hydrogen-bond acceptors (Lipinski definition) is 7. The summed E-state index contributed by atoms with van der Waals surface area (Å²) < 4.78 is 45.5. The molecule has 0 bridgehead atoms. The lowest BCUT2D eigenvalue weighted by molar-refractivity contribution is -0.139. The first-order valence-corrected chi connectivity index (χ1v) is 10.7. The van der Waals surface area contributed by atoms with Crippen molar-refractivity contribution >= 4 is 32.8 Å². The number of anilines is 1. The molecule has 0 saturated carbocycles. The molecule has 0 spiro atoms. The summed E-state index contributed by atoms with van der Waals surface area (Å²) >= 11 is 1.18. The molecule has 3 aromatic rings. The zero-order valence-electron chi connectivity index (χ0n) is 16.7. The summed E-state index contributed by atoms with van der Waals surface area (Å²) in [4.78, 5) is 36.2. The van der Waals surface area contributed by atoms with Crippen LogP contribution in [-0.4, -0.2) is 45.2 Å². The number of aromatic nitrogens is 3. The number of H-pyrrole nitrogens is 1. The molecule has 1 aliphatic rings. The van der Waals surface area contributed by atoms with E-state index in [-0.39, 0.29) is 41.7 Å². The summed E-state index contributed by atoms with van der Waals surface area (Å²) in [5.74, 6) is -0.907. The molecule has 2 aromatic heterocycles. The Bertz CT molecular complexity index is 1190. The van der Waals surface area contributed by atoms with Crippen LogP contribution in [0.5, 0.6) is 5.75 Å². The lowest BCUT2D eigenvalue weighted by atomic mass is 10.1. The number of carboxylic acids is 1. The molecule has 4 rings (SSSR count). The van der Waals surface area contributed by atoms with E-state index in [4.69, 9.17) is 9.84 Å². The average molecular weight is 468 g/mol. The van der Waals surface area contributed by atoms with E-state index in [9.17, 15) is 22.8 Å². The maximum Gasteiger partial charge on any atom is 0.419 e. The largest absolute Gasteiger partial charge is 0.490 e. The number of benzene rings is 1. The van der Waals surface area contributed by atoms with Gasteiger partial charge >= 0.3 is 12.1 Å². The normalized spacial score (nSPS) is 15.3. The van der Waals surface area contributed by atoms with Gasteiger partial charge < -0.3 is 19.7 Å². The van der Waals surface area contributed by atoms with E-state index < -0.39 is 17.7 Å². The number of carboxylic acid groups (broad SMARTS) is 1. The second-order valence-electron chi connectivity index (χ2n) is 7.35. The van der Waals surface area contributed by atoms with E-state index in [1.165, 1.54) is 29.5 Å². The Balaban J connectivity index is 1.44. The Morgan fingerprint density at radius 3 is 2.66 bits per heavy atom. The number of para-hydroxylation sites is 1. The smallest absolute Gasteiger partial charge is 0.419 e. The molecule has 32 heavy (non-hydrogen) atoms. The van der Waals surface area contributed by atoms with Gasteiger partial charge in [0.15, 0.2) is 10.8 Å². The Kier molecular flexibility index (Phi) is 6.04. The first kappa shape index (κ1) is 22.1. The Hall–Kier alpha value is -3.15. The number of ether oxygens (including phenoxy) is 1. The molecule has 0 amide bonds. The third kappa shape index (κ3) is 4.85. The summed E-state index contributed by atoms with van der Waals surface area (Å²) in [5, 5.41) is 9.38. The van der Waals surface area contributed by atoms with Crippen molar-refractivity contribution < 1.29 is 27.8 Å². The molecule has 8 nitrogen and oxygen atoms in total. The van der Waals surface area contributed by atoms with Gasteiger partial charge in [-0.25, -0.2) is 4.98 Å². The molecule has 1 fully saturated rings.